The topological polar surface area (TPSA) is 64.3 Å². The maximum Gasteiger partial charge on any atom is 0.349 e. The third kappa shape index (κ3) is 1.68. The second-order valence-corrected chi connectivity index (χ2v) is 5.67. The summed E-state index contributed by atoms with van der Waals surface area (Å²) in [6.45, 7) is 0. The number of rotatable bonds is 1. The zero-order valence-corrected chi connectivity index (χ0v) is 11.9. The van der Waals surface area contributed by atoms with Crippen LogP contribution in [0.3, 0.4) is 0 Å². The van der Waals surface area contributed by atoms with Crippen LogP contribution in [0.25, 0.3) is 0 Å². The Balaban J connectivity index is 1.91. The van der Waals surface area contributed by atoms with E-state index in [1.54, 1.807) is 30.3 Å². The average Bonchev–Trinajstić information content (AvgIpc) is 2.80. The lowest BCUT2D eigenvalue weighted by atomic mass is 9.92. The quantitative estimate of drug-likeness (QED) is 0.459. The lowest BCUT2D eigenvalue weighted by Crippen LogP contribution is -2.43. The van der Waals surface area contributed by atoms with Crippen LogP contribution in [0.4, 0.5) is 5.82 Å². The lowest BCUT2D eigenvalue weighted by molar-refractivity contribution is -0.591. The number of nitrogens with zero attached hydrogens (tertiary/aromatic N) is 2. The second kappa shape index (κ2) is 4.66. The molecule has 1 aromatic carbocycles. The van der Waals surface area contributed by atoms with E-state index in [-0.39, 0.29) is 5.82 Å². The predicted octanol–water partition coefficient (Wildman–Crippen LogP) is 2.00. The van der Waals surface area contributed by atoms with E-state index in [1.807, 2.05) is 0 Å². The highest BCUT2D eigenvalue weighted by Gasteiger charge is 2.46. The van der Waals surface area contributed by atoms with Crippen molar-refractivity contribution in [1.82, 2.24) is 0 Å². The number of carbonyl (C=O) groups excluding carboxylic acids is 2. The van der Waals surface area contributed by atoms with E-state index in [1.165, 1.54) is 6.20 Å². The Morgan fingerprint density at radius 2 is 1.59 bits per heavy atom. The molecule has 110 valence electrons. The normalized spacial score (nSPS) is 16.6. The van der Waals surface area contributed by atoms with E-state index in [2.05, 4.69) is 0 Å². The van der Waals surface area contributed by atoms with Crippen molar-refractivity contribution in [1.29, 1.82) is 0 Å². The van der Waals surface area contributed by atoms with Crippen LogP contribution in [-0.2, 0) is 12.8 Å². The van der Waals surface area contributed by atoms with Crippen LogP contribution in [-0.4, -0.2) is 11.8 Å². The fourth-order valence-corrected chi connectivity index (χ4v) is 3.34. The summed E-state index contributed by atoms with van der Waals surface area (Å²) in [6, 6.07) is 8.49. The molecule has 2 amide bonds. The largest absolute Gasteiger partial charge is 0.711 e. The van der Waals surface area contributed by atoms with Crippen molar-refractivity contribution in [3.05, 3.63) is 64.0 Å². The summed E-state index contributed by atoms with van der Waals surface area (Å²) < 4.78 is 0.645. The molecule has 1 aliphatic heterocycles. The number of pyridine rings is 1. The molecule has 1 aromatic heterocycles. The molecular weight excluding hydrogens is 280 g/mol. The van der Waals surface area contributed by atoms with Gasteiger partial charge in [0.25, 0.3) is 5.82 Å². The molecule has 0 fully saturated rings. The molecule has 4 rings (SSSR count). The van der Waals surface area contributed by atoms with Crippen LogP contribution < -0.4 is 9.63 Å². The van der Waals surface area contributed by atoms with Gasteiger partial charge in [-0.25, -0.2) is 14.3 Å². The summed E-state index contributed by atoms with van der Waals surface area (Å²) in [4.78, 5) is 26.2. The molecule has 2 aliphatic rings. The van der Waals surface area contributed by atoms with Gasteiger partial charge in [-0.05, 0) is 49.4 Å². The van der Waals surface area contributed by atoms with Crippen molar-refractivity contribution in [2.45, 2.75) is 25.7 Å². The summed E-state index contributed by atoms with van der Waals surface area (Å²) >= 11 is 0. The Labute approximate surface area is 127 Å². The number of imide groups is 1. The van der Waals surface area contributed by atoms with Gasteiger partial charge in [-0.2, -0.15) is 0 Å². The number of aryl methyl sites for hydroxylation is 1. The summed E-state index contributed by atoms with van der Waals surface area (Å²) in [6.07, 6.45) is 5.03. The Morgan fingerprint density at radius 1 is 0.955 bits per heavy atom. The molecule has 0 spiro atoms. The first-order chi connectivity index (χ1) is 10.7. The molecular formula is C17H14N2O3. The number of hydrogen-bond acceptors (Lipinski definition) is 3. The molecule has 0 saturated heterocycles. The number of benzene rings is 1. The standard InChI is InChI=1S/C17H14N2O3/c20-16-13-7-3-4-8-14(13)17(21)19(16)15-12-6-2-1-5-11(12)9-10-18(15)22/h3-4,7-10H,1-2,5-6H2. The Bertz CT molecular complexity index is 779. The maximum atomic E-state index is 12.6. The number of aromatic nitrogens is 1. The molecule has 0 saturated carbocycles. The number of carbonyl (C=O) groups is 2. The van der Waals surface area contributed by atoms with Crippen LogP contribution in [0.5, 0.6) is 0 Å². The number of anilines is 1. The molecule has 2 aromatic rings. The van der Waals surface area contributed by atoms with Crippen molar-refractivity contribution in [2.24, 2.45) is 0 Å². The van der Waals surface area contributed by atoms with Gasteiger partial charge in [-0.15, -0.1) is 4.90 Å². The second-order valence-electron chi connectivity index (χ2n) is 5.67. The van der Waals surface area contributed by atoms with E-state index in [9.17, 15) is 14.8 Å². The zero-order chi connectivity index (χ0) is 15.3. The van der Waals surface area contributed by atoms with E-state index < -0.39 is 11.8 Å². The van der Waals surface area contributed by atoms with Gasteiger partial charge < -0.3 is 5.21 Å². The minimum Gasteiger partial charge on any atom is -0.711 e. The number of amides is 2. The smallest absolute Gasteiger partial charge is 0.349 e. The first-order valence-corrected chi connectivity index (χ1v) is 7.40. The molecule has 1 aliphatic carbocycles. The average molecular weight is 294 g/mol. The minimum absolute atomic E-state index is 0.184. The molecule has 0 N–H and O–H groups in total. The Hall–Kier alpha value is -2.69. The maximum absolute atomic E-state index is 12.6. The summed E-state index contributed by atoms with van der Waals surface area (Å²) in [5, 5.41) is 12.3. The number of hydrogen-bond donors (Lipinski definition) is 0. The summed E-state index contributed by atoms with van der Waals surface area (Å²) in [7, 11) is 0. The van der Waals surface area contributed by atoms with Crippen molar-refractivity contribution in [2.75, 3.05) is 4.90 Å². The Kier molecular flexibility index (Phi) is 2.76. The number of fused-ring (bicyclic) bond motifs is 2. The van der Waals surface area contributed by atoms with E-state index in [0.29, 0.717) is 15.9 Å². The molecule has 0 radical (unpaired) electrons. The van der Waals surface area contributed by atoms with E-state index in [0.717, 1.165) is 41.7 Å². The Morgan fingerprint density at radius 3 is 2.27 bits per heavy atom. The first-order valence-electron chi connectivity index (χ1n) is 7.40. The van der Waals surface area contributed by atoms with Gasteiger partial charge >= 0.3 is 11.8 Å². The lowest BCUT2D eigenvalue weighted by Gasteiger charge is -2.22. The molecule has 0 bridgehead atoms. The van der Waals surface area contributed by atoms with Crippen LogP contribution in [0.1, 0.15) is 44.7 Å². The molecule has 2 heterocycles. The van der Waals surface area contributed by atoms with Gasteiger partial charge in [0.2, 0.25) is 0 Å². The van der Waals surface area contributed by atoms with Crippen LogP contribution in [0, 0.1) is 5.21 Å². The van der Waals surface area contributed by atoms with Gasteiger partial charge in [-0.1, -0.05) is 12.1 Å². The van der Waals surface area contributed by atoms with Gasteiger partial charge in [0.15, 0.2) is 0 Å². The third-order valence-electron chi connectivity index (χ3n) is 4.41. The van der Waals surface area contributed by atoms with Crippen molar-refractivity contribution < 1.29 is 14.3 Å². The van der Waals surface area contributed by atoms with Crippen LogP contribution >= 0.6 is 0 Å². The molecule has 5 heteroatoms. The predicted molar refractivity (Wildman–Crippen MR) is 79.6 cm³/mol. The summed E-state index contributed by atoms with van der Waals surface area (Å²) in [5.74, 6) is -0.642. The fraction of sp³-hybridized carbons (Fsp3) is 0.235. The monoisotopic (exact) mass is 294 g/mol. The fourth-order valence-electron chi connectivity index (χ4n) is 3.34. The van der Waals surface area contributed by atoms with E-state index in [4.69, 9.17) is 0 Å². The highest BCUT2D eigenvalue weighted by Crippen LogP contribution is 2.32. The van der Waals surface area contributed by atoms with Crippen molar-refractivity contribution >= 4 is 17.6 Å². The molecule has 0 atom stereocenters. The third-order valence-corrected chi connectivity index (χ3v) is 4.41. The molecule has 22 heavy (non-hydrogen) atoms. The van der Waals surface area contributed by atoms with Gasteiger partial charge in [0, 0.05) is 5.56 Å². The highest BCUT2D eigenvalue weighted by molar-refractivity contribution is 6.34. The van der Waals surface area contributed by atoms with Crippen LogP contribution in [0.15, 0.2) is 36.5 Å². The summed E-state index contributed by atoms with van der Waals surface area (Å²) in [5.41, 5.74) is 2.62. The SMILES string of the molecule is O=C1c2ccccc2C(=O)N1c1c2c(cc[n+]1[O-])CCCC2. The van der Waals surface area contributed by atoms with Crippen molar-refractivity contribution in [3.63, 3.8) is 0 Å². The van der Waals surface area contributed by atoms with Gasteiger partial charge in [0.05, 0.1) is 17.3 Å². The van der Waals surface area contributed by atoms with E-state index >= 15 is 0 Å². The molecule has 5 nitrogen and oxygen atoms in total. The van der Waals surface area contributed by atoms with Gasteiger partial charge in [0.1, 0.15) is 0 Å². The van der Waals surface area contributed by atoms with Crippen molar-refractivity contribution in [3.8, 4) is 0 Å². The zero-order valence-electron chi connectivity index (χ0n) is 11.9. The van der Waals surface area contributed by atoms with Gasteiger partial charge in [-0.3, -0.25) is 0 Å². The van der Waals surface area contributed by atoms with Crippen LogP contribution in [0.2, 0.25) is 0 Å². The first kappa shape index (κ1) is 13.0. The highest BCUT2D eigenvalue weighted by atomic mass is 16.5. The minimum atomic E-state index is -0.413. The molecule has 0 unspecified atom stereocenters.